The highest BCUT2D eigenvalue weighted by Gasteiger charge is 2.01. The molecule has 0 aliphatic heterocycles. The Morgan fingerprint density at radius 2 is 1.44 bits per heavy atom. The molecule has 0 aromatic heterocycles. The second-order valence-corrected chi connectivity index (χ2v) is 4.74. The zero-order valence-electron chi connectivity index (χ0n) is 13.7. The lowest BCUT2D eigenvalue weighted by Crippen LogP contribution is -1.81. The number of carbonyl (C=O) groups excluding carboxylic acids is 1. The maximum atomic E-state index is 10.5. The summed E-state index contributed by atoms with van der Waals surface area (Å²) in [5.74, 6) is -0.396. The molecule has 6 N–H and O–H groups in total. The second-order valence-electron chi connectivity index (χ2n) is 4.74. The molecule has 25 heavy (non-hydrogen) atoms. The van der Waals surface area contributed by atoms with E-state index in [1.807, 2.05) is 24.3 Å². The van der Waals surface area contributed by atoms with Gasteiger partial charge in [-0.05, 0) is 42.1 Å². The van der Waals surface area contributed by atoms with Crippen molar-refractivity contribution in [2.75, 3.05) is 7.05 Å². The van der Waals surface area contributed by atoms with Crippen LogP contribution in [0, 0.1) is 5.41 Å². The third-order valence-electron chi connectivity index (χ3n) is 3.22. The molecular weight excluding hydrogens is 320 g/mol. The SMILES string of the molecule is CN.N=Cc1cccc(O)c1O.O=Cc1cc2ccccc2cc1O. The topological polar surface area (TPSA) is 128 Å². The summed E-state index contributed by atoms with van der Waals surface area (Å²) in [5.41, 5.74) is 5.15. The maximum absolute atomic E-state index is 10.5. The van der Waals surface area contributed by atoms with E-state index in [0.717, 1.165) is 17.0 Å². The van der Waals surface area contributed by atoms with Gasteiger partial charge < -0.3 is 26.5 Å². The number of nitrogens with one attached hydrogen (secondary N) is 1. The standard InChI is InChI=1S/C11H8O2.C7H7NO2.CH5N/c12-7-10-5-8-3-1-2-4-9(8)6-11(10)13;8-4-5-2-1-3-6(9)7(5)10;1-2/h1-7,13H;1-4,8-10H;2H2,1H3. The summed E-state index contributed by atoms with van der Waals surface area (Å²) in [6.45, 7) is 0. The summed E-state index contributed by atoms with van der Waals surface area (Å²) in [5, 5.41) is 35.9. The molecule has 0 saturated heterocycles. The number of carbonyl (C=O) groups is 1. The van der Waals surface area contributed by atoms with E-state index in [2.05, 4.69) is 5.73 Å². The van der Waals surface area contributed by atoms with Gasteiger partial charge in [-0.15, -0.1) is 0 Å². The molecule has 0 fully saturated rings. The average molecular weight is 340 g/mol. The lowest BCUT2D eigenvalue weighted by molar-refractivity contribution is 0.112. The Morgan fingerprint density at radius 3 is 1.96 bits per heavy atom. The minimum Gasteiger partial charge on any atom is -0.507 e. The van der Waals surface area contributed by atoms with E-state index in [-0.39, 0.29) is 17.2 Å². The van der Waals surface area contributed by atoms with E-state index in [1.165, 1.54) is 13.1 Å². The third-order valence-corrected chi connectivity index (χ3v) is 3.22. The fourth-order valence-corrected chi connectivity index (χ4v) is 2.01. The van der Waals surface area contributed by atoms with Gasteiger partial charge in [-0.1, -0.05) is 30.3 Å². The van der Waals surface area contributed by atoms with Crippen LogP contribution >= 0.6 is 0 Å². The van der Waals surface area contributed by atoms with Gasteiger partial charge in [0.2, 0.25) is 0 Å². The van der Waals surface area contributed by atoms with Crippen LogP contribution in [0.25, 0.3) is 10.8 Å². The van der Waals surface area contributed by atoms with Crippen molar-refractivity contribution in [3.8, 4) is 17.2 Å². The molecule has 0 aliphatic carbocycles. The van der Waals surface area contributed by atoms with Crippen LogP contribution in [0.15, 0.2) is 54.6 Å². The Bertz CT molecular complexity index is 863. The molecule has 3 aromatic carbocycles. The number of hydrogen-bond acceptors (Lipinski definition) is 6. The van der Waals surface area contributed by atoms with E-state index in [1.54, 1.807) is 24.3 Å². The molecule has 0 radical (unpaired) electrons. The quantitative estimate of drug-likeness (QED) is 0.278. The van der Waals surface area contributed by atoms with Gasteiger partial charge >= 0.3 is 0 Å². The van der Waals surface area contributed by atoms with Crippen LogP contribution in [-0.2, 0) is 0 Å². The normalized spacial score (nSPS) is 9.20. The Hall–Kier alpha value is -3.38. The third kappa shape index (κ3) is 5.05. The number of phenolic OH excluding ortho intramolecular Hbond substituents is 3. The summed E-state index contributed by atoms with van der Waals surface area (Å²) >= 11 is 0. The lowest BCUT2D eigenvalue weighted by atomic mass is 10.1. The van der Waals surface area contributed by atoms with Crippen LogP contribution < -0.4 is 5.73 Å². The van der Waals surface area contributed by atoms with Crippen molar-refractivity contribution in [3.63, 3.8) is 0 Å². The van der Waals surface area contributed by atoms with Gasteiger partial charge in [0.1, 0.15) is 5.75 Å². The molecule has 0 aliphatic rings. The van der Waals surface area contributed by atoms with Crippen molar-refractivity contribution in [1.29, 1.82) is 5.41 Å². The van der Waals surface area contributed by atoms with Gasteiger partial charge in [0.05, 0.1) is 5.56 Å². The molecule has 3 rings (SSSR count). The monoisotopic (exact) mass is 340 g/mol. The van der Waals surface area contributed by atoms with Crippen molar-refractivity contribution < 1.29 is 20.1 Å². The van der Waals surface area contributed by atoms with Crippen LogP contribution in [0.1, 0.15) is 15.9 Å². The molecule has 0 bridgehead atoms. The second kappa shape index (κ2) is 9.69. The highest BCUT2D eigenvalue weighted by atomic mass is 16.3. The number of hydrogen-bond donors (Lipinski definition) is 5. The zero-order chi connectivity index (χ0) is 18.8. The number of fused-ring (bicyclic) bond motifs is 1. The molecule has 130 valence electrons. The van der Waals surface area contributed by atoms with E-state index >= 15 is 0 Å². The molecule has 6 nitrogen and oxygen atoms in total. The fraction of sp³-hybridized carbons (Fsp3) is 0.0526. The number of phenols is 3. The van der Waals surface area contributed by atoms with E-state index < -0.39 is 0 Å². The van der Waals surface area contributed by atoms with Gasteiger partial charge in [0.25, 0.3) is 0 Å². The predicted octanol–water partition coefficient (Wildman–Crippen LogP) is 3.03. The number of aromatic hydroxyl groups is 3. The molecule has 6 heteroatoms. The maximum Gasteiger partial charge on any atom is 0.166 e. The molecule has 0 amide bonds. The number of rotatable bonds is 2. The van der Waals surface area contributed by atoms with Gasteiger partial charge in [-0.25, -0.2) is 0 Å². The Labute approximate surface area is 145 Å². The lowest BCUT2D eigenvalue weighted by Gasteiger charge is -2.00. The molecule has 0 saturated carbocycles. The summed E-state index contributed by atoms with van der Waals surface area (Å²) in [7, 11) is 1.50. The number of nitrogens with two attached hydrogens (primary N) is 1. The van der Waals surface area contributed by atoms with Crippen molar-refractivity contribution in [2.24, 2.45) is 5.73 Å². The first kappa shape index (κ1) is 19.7. The number of aldehydes is 1. The smallest absolute Gasteiger partial charge is 0.166 e. The number of benzene rings is 3. The molecular formula is C19H20N2O4. The Balaban J connectivity index is 0.000000235. The van der Waals surface area contributed by atoms with E-state index in [0.29, 0.717) is 17.4 Å². The summed E-state index contributed by atoms with van der Waals surface area (Å²) in [6.07, 6.45) is 1.64. The first-order valence-corrected chi connectivity index (χ1v) is 7.33. The van der Waals surface area contributed by atoms with Crippen LogP contribution in [0.2, 0.25) is 0 Å². The summed E-state index contributed by atoms with van der Waals surface area (Å²) in [4.78, 5) is 10.5. The minimum atomic E-state index is -0.238. The first-order valence-electron chi connectivity index (χ1n) is 7.33. The van der Waals surface area contributed by atoms with Gasteiger partial charge in [0.15, 0.2) is 17.8 Å². The van der Waals surface area contributed by atoms with Crippen LogP contribution in [0.5, 0.6) is 17.2 Å². The first-order chi connectivity index (χ1) is 12.1. The van der Waals surface area contributed by atoms with Gasteiger partial charge in [-0.3, -0.25) is 4.79 Å². The molecule has 0 atom stereocenters. The summed E-state index contributed by atoms with van der Waals surface area (Å²) in [6, 6.07) is 15.3. The van der Waals surface area contributed by atoms with Gasteiger partial charge in [-0.2, -0.15) is 0 Å². The largest absolute Gasteiger partial charge is 0.507 e. The van der Waals surface area contributed by atoms with E-state index in [4.69, 9.17) is 15.6 Å². The highest BCUT2D eigenvalue weighted by Crippen LogP contribution is 2.26. The van der Waals surface area contributed by atoms with Crippen molar-refractivity contribution in [2.45, 2.75) is 0 Å². The average Bonchev–Trinajstić information content (AvgIpc) is 2.65. The van der Waals surface area contributed by atoms with E-state index in [9.17, 15) is 9.90 Å². The fourth-order valence-electron chi connectivity index (χ4n) is 2.01. The van der Waals surface area contributed by atoms with Crippen LogP contribution in [0.4, 0.5) is 0 Å². The van der Waals surface area contributed by atoms with Crippen molar-refractivity contribution >= 4 is 23.3 Å². The van der Waals surface area contributed by atoms with Crippen LogP contribution in [-0.4, -0.2) is 34.9 Å². The van der Waals surface area contributed by atoms with Crippen molar-refractivity contribution in [3.05, 3.63) is 65.7 Å². The molecule has 0 heterocycles. The minimum absolute atomic E-state index is 0.0358. The molecule has 0 unspecified atom stereocenters. The Kier molecular flexibility index (Phi) is 7.62. The number of para-hydroxylation sites is 1. The Morgan fingerprint density at radius 1 is 0.840 bits per heavy atom. The predicted molar refractivity (Wildman–Crippen MR) is 98.8 cm³/mol. The van der Waals surface area contributed by atoms with Crippen LogP contribution in [0.3, 0.4) is 0 Å². The summed E-state index contributed by atoms with van der Waals surface area (Å²) < 4.78 is 0. The zero-order valence-corrected chi connectivity index (χ0v) is 13.7. The van der Waals surface area contributed by atoms with Gasteiger partial charge in [0, 0.05) is 11.8 Å². The van der Waals surface area contributed by atoms with Crippen molar-refractivity contribution in [1.82, 2.24) is 0 Å². The molecule has 3 aromatic rings. The highest BCUT2D eigenvalue weighted by molar-refractivity contribution is 5.92. The molecule has 0 spiro atoms.